The molecule has 4 aromatic rings. The summed E-state index contributed by atoms with van der Waals surface area (Å²) in [5.74, 6) is 8.45. The number of ether oxygens (including phenoxy) is 1. The fourth-order valence-corrected chi connectivity index (χ4v) is 28.5. The zero-order valence-corrected chi connectivity index (χ0v) is 65.9. The van der Waals surface area contributed by atoms with Gasteiger partial charge < -0.3 is 14.9 Å². The highest BCUT2D eigenvalue weighted by Gasteiger charge is 2.62. The lowest BCUT2D eigenvalue weighted by Crippen LogP contribution is -2.50. The van der Waals surface area contributed by atoms with Crippen molar-refractivity contribution in [3.8, 4) is 0 Å². The third-order valence-electron chi connectivity index (χ3n) is 34.3. The number of carbonyl (C=O) groups is 2. The minimum Gasteiger partial charge on any atom is -0.462 e. The number of allylic oxidation sites excluding steroid dienone is 13. The number of pyridine rings is 4. The number of aromatic nitrogens is 4. The SMILES string of the molecule is [2H]C1=C(c2cccnc2)[C@@]2(C)CCC3C(CCC4=CC(=O)CC[C@@]43C)C2C1.[2H]c1ccncc1C1=CCC2C3CC=C4C[C@@H](O)CC[C@]4(C)C3CC[C@]12C.[2H]c1ccncc1C1=CCC2C3CC=C4C[C@@H](OC(C)=O)CC[C@]4(C)C3CC[C@]12C.[2H]c1ncccc1C1=CCC2C3CC=C4C[C@@H](O)CC[C@]4(C)C3CC[C@]12C. The normalized spacial score (nSPS) is 43.4. The first-order chi connectivity index (χ1) is 53.1. The lowest BCUT2D eigenvalue weighted by Gasteiger charge is -2.57. The summed E-state index contributed by atoms with van der Waals surface area (Å²) in [6.07, 6.45) is 60.3. The molecule has 0 aromatic carbocycles. The topological polar surface area (TPSA) is 135 Å². The highest BCUT2D eigenvalue weighted by atomic mass is 16.5. The standard InChI is InChI=1S/C26H33NO2.2C24H31NO.C24H29NO/c1-17(28)29-20-10-12-25(2)19(15-20)6-7-21-23-9-8-22(18-5-4-14-27-16-18)26(23,3)13-11-24(21)25;3*1-23-11-9-18(26)14-17(23)5-6-19-21-8-7-20(16-4-3-13-25-15-16)24(21,2)12-10-22(19)23/h4-6,8,14,16,20-21,23-24H,7,9-13,15H2,1-3H3;2*3-5,7,13,15,18-19,21-22,26H,6,8-12,14H2,1-2H3;3-4,7,13-15,19,21-22H,5-6,8-12H2,1-2H3/t20-,21?,23?,24?,25-,26+;2*18-,19?,21?,22?,23-,24+;19?,21?,22?,23-,24+/m0000/s1/i5D;15D;4D;7D. The molecule has 0 aliphatic heterocycles. The van der Waals surface area contributed by atoms with Gasteiger partial charge >= 0.3 is 5.97 Å². The first-order valence-electron chi connectivity index (χ1n) is 44.4. The lowest BCUT2D eigenvalue weighted by molar-refractivity contribution is -0.148. The molecule has 8 fully saturated rings. The van der Waals surface area contributed by atoms with Crippen molar-refractivity contribution in [1.82, 2.24) is 19.9 Å². The van der Waals surface area contributed by atoms with Crippen molar-refractivity contribution in [3.05, 3.63) is 191 Å². The van der Waals surface area contributed by atoms with Crippen molar-refractivity contribution in [1.29, 1.82) is 0 Å². The van der Waals surface area contributed by atoms with Gasteiger partial charge in [-0.05, 0) is 356 Å². The molecule has 12 unspecified atom stereocenters. The molecule has 4 aromatic heterocycles. The molecule has 16 aliphatic rings. The van der Waals surface area contributed by atoms with Gasteiger partial charge in [0.25, 0.3) is 0 Å². The van der Waals surface area contributed by atoms with Crippen LogP contribution in [0.2, 0.25) is 0 Å². The van der Waals surface area contributed by atoms with Crippen LogP contribution < -0.4 is 0 Å². The Hall–Kier alpha value is -6.42. The molecule has 9 nitrogen and oxygen atoms in total. The fourth-order valence-electron chi connectivity index (χ4n) is 28.5. The molecule has 2 N–H and O–H groups in total. The van der Waals surface area contributed by atoms with Gasteiger partial charge in [-0.15, -0.1) is 0 Å². The summed E-state index contributed by atoms with van der Waals surface area (Å²) in [6.45, 7) is 21.2. The van der Waals surface area contributed by atoms with Crippen LogP contribution in [0.4, 0.5) is 0 Å². The summed E-state index contributed by atoms with van der Waals surface area (Å²) in [7, 11) is 0. The second-order valence-corrected chi connectivity index (χ2v) is 38.9. The highest BCUT2D eigenvalue weighted by Crippen LogP contribution is 2.72. The summed E-state index contributed by atoms with van der Waals surface area (Å²) < 4.78 is 39.4. The maximum absolute atomic E-state index is 12.0. The van der Waals surface area contributed by atoms with Gasteiger partial charge in [0.2, 0.25) is 0 Å². The zero-order valence-electron chi connectivity index (χ0n) is 69.9. The fraction of sp³-hybridized carbons (Fsp3) is 0.612. The molecule has 4 heterocycles. The van der Waals surface area contributed by atoms with E-state index in [0.717, 1.165) is 161 Å². The number of hydrogen-bond acceptors (Lipinski definition) is 9. The van der Waals surface area contributed by atoms with Crippen molar-refractivity contribution in [3.63, 3.8) is 0 Å². The van der Waals surface area contributed by atoms with Crippen molar-refractivity contribution >= 4 is 34.0 Å². The Morgan fingerprint density at radius 1 is 0.411 bits per heavy atom. The minimum atomic E-state index is -0.153. The average Bonchev–Trinajstić information content (AvgIpc) is 1.68. The number of esters is 1. The van der Waals surface area contributed by atoms with Crippen LogP contribution in [0, 0.1) is 114 Å². The van der Waals surface area contributed by atoms with Crippen LogP contribution in [0.15, 0.2) is 169 Å². The summed E-state index contributed by atoms with van der Waals surface area (Å²) in [5, 5.41) is 20.3. The smallest absolute Gasteiger partial charge is 0.302 e. The predicted molar refractivity (Wildman–Crippen MR) is 430 cm³/mol. The Bertz CT molecular complexity index is 4450. The largest absolute Gasteiger partial charge is 0.462 e. The number of hydrogen-bond donors (Lipinski definition) is 2. The van der Waals surface area contributed by atoms with Crippen LogP contribution in [0.5, 0.6) is 0 Å². The number of carbonyl (C=O) groups excluding carboxylic acids is 2. The quantitative estimate of drug-likeness (QED) is 0.148. The third kappa shape index (κ3) is 12.3. The van der Waals surface area contributed by atoms with Gasteiger partial charge in [-0.25, -0.2) is 0 Å². The molecule has 566 valence electrons. The molecular weight excluding hydrogens is 1310 g/mol. The molecule has 0 amide bonds. The summed E-state index contributed by atoms with van der Waals surface area (Å²) in [5.41, 5.74) is 17.3. The lowest BCUT2D eigenvalue weighted by atomic mass is 9.46. The maximum atomic E-state index is 12.0. The van der Waals surface area contributed by atoms with Crippen molar-refractivity contribution in [2.24, 2.45) is 114 Å². The molecule has 16 aliphatic carbocycles. The van der Waals surface area contributed by atoms with E-state index in [1.807, 2.05) is 55.1 Å². The van der Waals surface area contributed by atoms with Crippen LogP contribution in [0.3, 0.4) is 0 Å². The zero-order chi connectivity index (χ0) is 77.5. The van der Waals surface area contributed by atoms with E-state index in [2.05, 4.69) is 124 Å². The predicted octanol–water partition coefficient (Wildman–Crippen LogP) is 22.4. The molecule has 23 atom stereocenters. The molecule has 107 heavy (non-hydrogen) atoms. The van der Waals surface area contributed by atoms with Gasteiger partial charge in [-0.2, -0.15) is 0 Å². The number of aliphatic hydroxyl groups is 2. The Morgan fingerprint density at radius 3 is 1.31 bits per heavy atom. The molecule has 20 rings (SSSR count). The van der Waals surface area contributed by atoms with Crippen LogP contribution in [-0.2, 0) is 14.3 Å². The number of nitrogens with zero attached hydrogens (tertiary/aromatic N) is 4. The first-order valence-corrected chi connectivity index (χ1v) is 42.4. The van der Waals surface area contributed by atoms with Crippen LogP contribution in [0.1, 0.15) is 270 Å². The molecule has 0 bridgehead atoms. The van der Waals surface area contributed by atoms with E-state index >= 15 is 0 Å². The Morgan fingerprint density at radius 2 is 0.822 bits per heavy atom. The van der Waals surface area contributed by atoms with Crippen molar-refractivity contribution < 1.29 is 30.0 Å². The van der Waals surface area contributed by atoms with E-state index in [9.17, 15) is 19.8 Å². The second-order valence-electron chi connectivity index (χ2n) is 38.9. The Balaban J connectivity index is 0.000000108. The number of fused-ring (bicyclic) bond motifs is 20. The number of aliphatic hydroxyl groups excluding tert-OH is 2. The summed E-state index contributed by atoms with van der Waals surface area (Å²) in [4.78, 5) is 40.6. The van der Waals surface area contributed by atoms with E-state index in [1.165, 1.54) is 116 Å². The van der Waals surface area contributed by atoms with Crippen molar-refractivity contribution in [2.45, 2.75) is 260 Å². The molecular formula is C98H124N4O5. The van der Waals surface area contributed by atoms with E-state index in [-0.39, 0.29) is 56.8 Å². The summed E-state index contributed by atoms with van der Waals surface area (Å²) in [6, 6.07) is 13.9. The van der Waals surface area contributed by atoms with E-state index in [1.54, 1.807) is 18.6 Å². The molecule has 0 radical (unpaired) electrons. The molecule has 0 saturated heterocycles. The van der Waals surface area contributed by atoms with Crippen LogP contribution in [-0.4, -0.2) is 60.2 Å². The monoisotopic (exact) mass is 1440 g/mol. The Labute approximate surface area is 646 Å². The third-order valence-corrected chi connectivity index (χ3v) is 34.3. The van der Waals surface area contributed by atoms with Gasteiger partial charge in [-0.1, -0.05) is 144 Å². The van der Waals surface area contributed by atoms with Gasteiger partial charge in [0.05, 0.1) is 17.7 Å². The molecule has 0 spiro atoms. The minimum absolute atomic E-state index is 0.0630. The Kier molecular flexibility index (Phi) is 18.0. The average molecular weight is 1440 g/mol. The number of ketones is 1. The van der Waals surface area contributed by atoms with Crippen molar-refractivity contribution in [2.75, 3.05) is 0 Å². The van der Waals surface area contributed by atoms with Crippen LogP contribution >= 0.6 is 0 Å². The van der Waals surface area contributed by atoms with Gasteiger partial charge in [-0.3, -0.25) is 29.5 Å². The van der Waals surface area contributed by atoms with Gasteiger partial charge in [0, 0.05) is 69.3 Å². The van der Waals surface area contributed by atoms with Gasteiger partial charge in [0.1, 0.15) is 6.10 Å². The van der Waals surface area contributed by atoms with E-state index in [0.29, 0.717) is 88.6 Å². The first kappa shape index (κ1) is 68.6. The second kappa shape index (κ2) is 28.1. The van der Waals surface area contributed by atoms with E-state index in [4.69, 9.17) is 10.2 Å². The van der Waals surface area contributed by atoms with E-state index < -0.39 is 0 Å². The highest BCUT2D eigenvalue weighted by molar-refractivity contribution is 5.91. The van der Waals surface area contributed by atoms with Crippen LogP contribution in [0.25, 0.3) is 22.3 Å². The number of rotatable bonds is 5. The maximum Gasteiger partial charge on any atom is 0.302 e. The molecule has 9 heteroatoms. The van der Waals surface area contributed by atoms with Gasteiger partial charge in [0.15, 0.2) is 5.78 Å². The summed E-state index contributed by atoms with van der Waals surface area (Å²) >= 11 is 0. The molecule has 8 saturated carbocycles.